The van der Waals surface area contributed by atoms with E-state index in [1.165, 1.54) is 11.1 Å². The summed E-state index contributed by atoms with van der Waals surface area (Å²) >= 11 is 0. The molecule has 0 aromatic heterocycles. The van der Waals surface area contributed by atoms with Crippen LogP contribution in [0.5, 0.6) is 0 Å². The molecule has 1 heterocycles. The molecular formula is C15H20N2O2. The number of hydrogen-bond acceptors (Lipinski definition) is 3. The lowest BCUT2D eigenvalue weighted by molar-refractivity contribution is -0.135. The van der Waals surface area contributed by atoms with Gasteiger partial charge in [-0.3, -0.25) is 4.79 Å². The summed E-state index contributed by atoms with van der Waals surface area (Å²) < 4.78 is 5.49. The zero-order valence-electron chi connectivity index (χ0n) is 11.0. The van der Waals surface area contributed by atoms with Crippen molar-refractivity contribution in [3.05, 3.63) is 35.4 Å². The highest BCUT2D eigenvalue weighted by Gasteiger charge is 2.26. The van der Waals surface area contributed by atoms with Gasteiger partial charge < -0.3 is 15.4 Å². The molecule has 102 valence electrons. The average molecular weight is 260 g/mol. The molecule has 0 saturated carbocycles. The van der Waals surface area contributed by atoms with E-state index >= 15 is 0 Å². The molecule has 2 aliphatic rings. The zero-order valence-corrected chi connectivity index (χ0v) is 11.0. The number of nitrogens with one attached hydrogen (secondary N) is 2. The van der Waals surface area contributed by atoms with Crippen LogP contribution >= 0.6 is 0 Å². The van der Waals surface area contributed by atoms with Crippen LogP contribution in [0.15, 0.2) is 24.3 Å². The number of hydrogen-bond donors (Lipinski definition) is 2. The molecule has 0 spiro atoms. The first-order chi connectivity index (χ1) is 9.34. The van der Waals surface area contributed by atoms with Crippen molar-refractivity contribution in [2.24, 2.45) is 0 Å². The van der Waals surface area contributed by atoms with Gasteiger partial charge in [0.1, 0.15) is 6.10 Å². The van der Waals surface area contributed by atoms with Crippen molar-refractivity contribution >= 4 is 5.91 Å². The summed E-state index contributed by atoms with van der Waals surface area (Å²) in [6.07, 6.45) is 2.92. The first-order valence-corrected chi connectivity index (χ1v) is 7.05. The standard InChI is InChI=1S/C15H20N2O2/c18-15(14-10-16-8-9-19-14)17-13-7-3-5-11-4-1-2-6-12(11)13/h1-2,4,6,13-14,16H,3,5,7-10H2,(H,17,18). The fourth-order valence-electron chi connectivity index (χ4n) is 2.90. The third kappa shape index (κ3) is 2.80. The van der Waals surface area contributed by atoms with Crippen molar-refractivity contribution < 1.29 is 9.53 Å². The summed E-state index contributed by atoms with van der Waals surface area (Å²) in [6, 6.07) is 8.54. The second kappa shape index (κ2) is 5.72. The highest BCUT2D eigenvalue weighted by Crippen LogP contribution is 2.29. The molecule has 2 unspecified atom stereocenters. The molecule has 1 fully saturated rings. The summed E-state index contributed by atoms with van der Waals surface area (Å²) in [5.74, 6) is 0.00824. The van der Waals surface area contributed by atoms with Crippen LogP contribution in [0.1, 0.15) is 30.0 Å². The molecule has 1 aromatic rings. The minimum absolute atomic E-state index is 0.00824. The molecule has 1 aliphatic carbocycles. The summed E-state index contributed by atoms with van der Waals surface area (Å²) in [6.45, 7) is 2.05. The SMILES string of the molecule is O=C(NC1CCCc2ccccc21)C1CNCCO1. The Morgan fingerprint density at radius 3 is 3.11 bits per heavy atom. The van der Waals surface area contributed by atoms with E-state index in [9.17, 15) is 4.79 Å². The smallest absolute Gasteiger partial charge is 0.250 e. The summed E-state index contributed by atoms with van der Waals surface area (Å²) in [7, 11) is 0. The number of carbonyl (C=O) groups is 1. The monoisotopic (exact) mass is 260 g/mol. The van der Waals surface area contributed by atoms with Gasteiger partial charge in [0, 0.05) is 13.1 Å². The van der Waals surface area contributed by atoms with Gasteiger partial charge in [0.2, 0.25) is 0 Å². The molecule has 0 radical (unpaired) electrons. The summed E-state index contributed by atoms with van der Waals surface area (Å²) in [5.41, 5.74) is 2.63. The van der Waals surface area contributed by atoms with Crippen LogP contribution in [0.3, 0.4) is 0 Å². The molecule has 4 heteroatoms. The Hall–Kier alpha value is -1.39. The van der Waals surface area contributed by atoms with E-state index in [0.29, 0.717) is 13.2 Å². The van der Waals surface area contributed by atoms with E-state index in [1.54, 1.807) is 0 Å². The highest BCUT2D eigenvalue weighted by atomic mass is 16.5. The van der Waals surface area contributed by atoms with Crippen molar-refractivity contribution in [1.82, 2.24) is 10.6 Å². The lowest BCUT2D eigenvalue weighted by Gasteiger charge is -2.29. The number of aryl methyl sites for hydroxylation is 1. The van der Waals surface area contributed by atoms with Crippen LogP contribution in [0.2, 0.25) is 0 Å². The predicted octanol–water partition coefficient (Wildman–Crippen LogP) is 1.17. The normalized spacial score (nSPS) is 26.5. The Kier molecular flexibility index (Phi) is 3.80. The lowest BCUT2D eigenvalue weighted by atomic mass is 9.87. The molecule has 1 amide bonds. The van der Waals surface area contributed by atoms with Gasteiger partial charge in [-0.2, -0.15) is 0 Å². The Morgan fingerprint density at radius 1 is 1.37 bits per heavy atom. The molecule has 1 aromatic carbocycles. The minimum Gasteiger partial charge on any atom is -0.366 e. The third-order valence-corrected chi connectivity index (χ3v) is 3.91. The second-order valence-electron chi connectivity index (χ2n) is 5.22. The fraction of sp³-hybridized carbons (Fsp3) is 0.533. The number of carbonyl (C=O) groups excluding carboxylic acids is 1. The first-order valence-electron chi connectivity index (χ1n) is 7.05. The van der Waals surface area contributed by atoms with Gasteiger partial charge in [-0.1, -0.05) is 24.3 Å². The average Bonchev–Trinajstić information content (AvgIpc) is 2.48. The Labute approximate surface area is 113 Å². The maximum Gasteiger partial charge on any atom is 0.250 e. The summed E-state index contributed by atoms with van der Waals surface area (Å²) in [4.78, 5) is 12.2. The summed E-state index contributed by atoms with van der Waals surface area (Å²) in [5, 5.41) is 6.33. The van der Waals surface area contributed by atoms with Gasteiger partial charge in [0.15, 0.2) is 0 Å². The van der Waals surface area contributed by atoms with E-state index in [-0.39, 0.29) is 18.1 Å². The number of amides is 1. The van der Waals surface area contributed by atoms with Crippen molar-refractivity contribution in [3.63, 3.8) is 0 Å². The molecule has 19 heavy (non-hydrogen) atoms. The Bertz CT molecular complexity index is 455. The predicted molar refractivity (Wildman–Crippen MR) is 72.9 cm³/mol. The minimum atomic E-state index is -0.345. The van der Waals surface area contributed by atoms with E-state index in [0.717, 1.165) is 25.8 Å². The van der Waals surface area contributed by atoms with Crippen molar-refractivity contribution in [2.75, 3.05) is 19.7 Å². The molecule has 2 N–H and O–H groups in total. The molecule has 1 aliphatic heterocycles. The van der Waals surface area contributed by atoms with Gasteiger partial charge in [-0.25, -0.2) is 0 Å². The lowest BCUT2D eigenvalue weighted by Crippen LogP contribution is -2.48. The van der Waals surface area contributed by atoms with Crippen LogP contribution in [-0.4, -0.2) is 31.7 Å². The molecule has 4 nitrogen and oxygen atoms in total. The largest absolute Gasteiger partial charge is 0.366 e. The van der Waals surface area contributed by atoms with Gasteiger partial charge in [-0.05, 0) is 30.4 Å². The van der Waals surface area contributed by atoms with E-state index in [4.69, 9.17) is 4.74 Å². The second-order valence-corrected chi connectivity index (χ2v) is 5.22. The quantitative estimate of drug-likeness (QED) is 0.839. The zero-order chi connectivity index (χ0) is 13.1. The maximum atomic E-state index is 12.2. The molecule has 0 bridgehead atoms. The number of morpholine rings is 1. The van der Waals surface area contributed by atoms with Crippen molar-refractivity contribution in [1.29, 1.82) is 0 Å². The van der Waals surface area contributed by atoms with E-state index in [1.807, 2.05) is 6.07 Å². The fourth-order valence-corrected chi connectivity index (χ4v) is 2.90. The van der Waals surface area contributed by atoms with Gasteiger partial charge >= 0.3 is 0 Å². The van der Waals surface area contributed by atoms with Crippen LogP contribution in [-0.2, 0) is 16.0 Å². The topological polar surface area (TPSA) is 50.4 Å². The number of rotatable bonds is 2. The van der Waals surface area contributed by atoms with Gasteiger partial charge in [-0.15, -0.1) is 0 Å². The van der Waals surface area contributed by atoms with Crippen LogP contribution in [0.25, 0.3) is 0 Å². The Morgan fingerprint density at radius 2 is 2.26 bits per heavy atom. The van der Waals surface area contributed by atoms with Crippen molar-refractivity contribution in [2.45, 2.75) is 31.4 Å². The highest BCUT2D eigenvalue weighted by molar-refractivity contribution is 5.81. The Balaban J connectivity index is 1.68. The van der Waals surface area contributed by atoms with E-state index < -0.39 is 0 Å². The van der Waals surface area contributed by atoms with Crippen LogP contribution in [0, 0.1) is 0 Å². The first kappa shape index (κ1) is 12.6. The van der Waals surface area contributed by atoms with Crippen LogP contribution in [0.4, 0.5) is 0 Å². The van der Waals surface area contributed by atoms with Crippen LogP contribution < -0.4 is 10.6 Å². The van der Waals surface area contributed by atoms with Gasteiger partial charge in [0.25, 0.3) is 5.91 Å². The van der Waals surface area contributed by atoms with Gasteiger partial charge in [0.05, 0.1) is 12.6 Å². The molecular weight excluding hydrogens is 240 g/mol. The molecule has 1 saturated heterocycles. The number of benzene rings is 1. The molecule has 3 rings (SSSR count). The number of fused-ring (bicyclic) bond motifs is 1. The van der Waals surface area contributed by atoms with E-state index in [2.05, 4.69) is 28.8 Å². The maximum absolute atomic E-state index is 12.2. The number of ether oxygens (including phenoxy) is 1. The molecule has 2 atom stereocenters. The third-order valence-electron chi connectivity index (χ3n) is 3.91. The van der Waals surface area contributed by atoms with Crippen molar-refractivity contribution in [3.8, 4) is 0 Å².